The molecule has 2 heterocycles. The molecule has 0 unspecified atom stereocenters. The molecule has 0 aliphatic carbocycles. The molecule has 0 saturated carbocycles. The third-order valence-corrected chi connectivity index (χ3v) is 6.61. The number of methoxy groups -OCH3 is 1. The van der Waals surface area contributed by atoms with E-state index in [0.29, 0.717) is 39.8 Å². The molecule has 9 heteroatoms. The zero-order valence-corrected chi connectivity index (χ0v) is 21.7. The monoisotopic (exact) mass is 557 g/mol. The molecule has 0 fully saturated rings. The van der Waals surface area contributed by atoms with Crippen molar-refractivity contribution in [3.8, 4) is 5.75 Å². The third kappa shape index (κ3) is 4.99. The Morgan fingerprint density at radius 3 is 2.24 bits per heavy atom. The van der Waals surface area contributed by atoms with Gasteiger partial charge in [-0.05, 0) is 61.0 Å². The summed E-state index contributed by atoms with van der Waals surface area (Å²) in [4.78, 5) is 26.7. The van der Waals surface area contributed by atoms with Gasteiger partial charge in [0, 0.05) is 21.5 Å². The number of aromatic nitrogens is 2. The summed E-state index contributed by atoms with van der Waals surface area (Å²) in [6.45, 7) is 1.82. The molecule has 0 saturated heterocycles. The molecule has 1 aromatic heterocycles. The minimum absolute atomic E-state index is 0.278. The quantitative estimate of drug-likeness (QED) is 0.277. The Kier molecular flexibility index (Phi) is 6.78. The molecule has 3 N–H and O–H groups in total. The van der Waals surface area contributed by atoms with Gasteiger partial charge in [0.15, 0.2) is 0 Å². The van der Waals surface area contributed by atoms with Crippen LogP contribution in [0.5, 0.6) is 5.75 Å². The first-order valence-electron chi connectivity index (χ1n) is 11.6. The van der Waals surface area contributed by atoms with Crippen LogP contribution in [0.4, 0.5) is 17.2 Å². The Hall–Kier alpha value is -4.37. The van der Waals surface area contributed by atoms with Crippen molar-refractivity contribution in [3.63, 3.8) is 0 Å². The van der Waals surface area contributed by atoms with Crippen LogP contribution in [0.15, 0.2) is 101 Å². The number of allylic oxidation sites excluding steroid dienone is 1. The smallest absolute Gasteiger partial charge is 0.261 e. The van der Waals surface area contributed by atoms with Gasteiger partial charge in [0.25, 0.3) is 11.8 Å². The van der Waals surface area contributed by atoms with Crippen molar-refractivity contribution in [1.29, 1.82) is 0 Å². The molecule has 3 aromatic carbocycles. The highest BCUT2D eigenvalue weighted by Gasteiger charge is 2.35. The SMILES string of the molecule is COc1ccc(NC(=O)C2=C(C)Nc3c(C(=O)Nc4ccccc4)cnn3[C@@H]2c2ccc(Br)cc2)cc1. The van der Waals surface area contributed by atoms with Gasteiger partial charge in [0.2, 0.25) is 0 Å². The fraction of sp³-hybridized carbons (Fsp3) is 0.107. The molecular weight excluding hydrogens is 534 g/mol. The normalized spacial score (nSPS) is 14.4. The van der Waals surface area contributed by atoms with Crippen molar-refractivity contribution in [3.05, 3.63) is 112 Å². The van der Waals surface area contributed by atoms with Gasteiger partial charge in [-0.15, -0.1) is 0 Å². The number of rotatable bonds is 6. The van der Waals surface area contributed by atoms with Crippen LogP contribution in [-0.2, 0) is 4.79 Å². The molecule has 1 aliphatic heterocycles. The Morgan fingerprint density at radius 1 is 0.919 bits per heavy atom. The van der Waals surface area contributed by atoms with E-state index in [2.05, 4.69) is 37.0 Å². The summed E-state index contributed by atoms with van der Waals surface area (Å²) in [5.41, 5.74) is 3.65. The largest absolute Gasteiger partial charge is 0.497 e. The van der Waals surface area contributed by atoms with Gasteiger partial charge in [0.05, 0.1) is 18.9 Å². The molecule has 0 bridgehead atoms. The molecule has 0 radical (unpaired) electrons. The minimum atomic E-state index is -0.555. The van der Waals surface area contributed by atoms with Crippen molar-refractivity contribution in [2.45, 2.75) is 13.0 Å². The van der Waals surface area contributed by atoms with E-state index < -0.39 is 6.04 Å². The summed E-state index contributed by atoms with van der Waals surface area (Å²) in [5, 5.41) is 13.7. The van der Waals surface area contributed by atoms with Crippen LogP contribution < -0.4 is 20.7 Å². The van der Waals surface area contributed by atoms with E-state index in [0.717, 1.165) is 10.0 Å². The second kappa shape index (κ2) is 10.3. The first-order chi connectivity index (χ1) is 17.9. The minimum Gasteiger partial charge on any atom is -0.497 e. The number of benzene rings is 3. The van der Waals surface area contributed by atoms with Crippen molar-refractivity contribution >= 4 is 44.9 Å². The molecule has 5 rings (SSSR count). The predicted octanol–water partition coefficient (Wildman–Crippen LogP) is 5.83. The number of carbonyl (C=O) groups is 2. The number of hydrogen-bond acceptors (Lipinski definition) is 5. The van der Waals surface area contributed by atoms with Gasteiger partial charge in [-0.25, -0.2) is 4.68 Å². The topological polar surface area (TPSA) is 97.3 Å². The Bertz CT molecular complexity index is 1480. The summed E-state index contributed by atoms with van der Waals surface area (Å²) >= 11 is 3.48. The van der Waals surface area contributed by atoms with Crippen LogP contribution in [0.2, 0.25) is 0 Å². The zero-order chi connectivity index (χ0) is 25.9. The highest BCUT2D eigenvalue weighted by Crippen LogP contribution is 2.38. The number of para-hydroxylation sites is 1. The van der Waals surface area contributed by atoms with Gasteiger partial charge in [-0.3, -0.25) is 9.59 Å². The molecule has 4 aromatic rings. The first-order valence-corrected chi connectivity index (χ1v) is 12.4. The lowest BCUT2D eigenvalue weighted by Gasteiger charge is -2.30. The zero-order valence-electron chi connectivity index (χ0n) is 20.2. The van der Waals surface area contributed by atoms with E-state index in [1.165, 1.54) is 6.20 Å². The Labute approximate surface area is 222 Å². The number of anilines is 3. The Balaban J connectivity index is 1.52. The van der Waals surface area contributed by atoms with E-state index in [1.807, 2.05) is 61.5 Å². The number of carbonyl (C=O) groups excluding carboxylic acids is 2. The number of amides is 2. The van der Waals surface area contributed by atoms with E-state index in [1.54, 1.807) is 36.1 Å². The second-order valence-corrected chi connectivity index (χ2v) is 9.39. The maximum Gasteiger partial charge on any atom is 0.261 e. The number of ether oxygens (including phenoxy) is 1. The average Bonchev–Trinajstić information content (AvgIpc) is 3.33. The molecule has 0 spiro atoms. The van der Waals surface area contributed by atoms with Gasteiger partial charge in [-0.2, -0.15) is 5.10 Å². The van der Waals surface area contributed by atoms with E-state index in [4.69, 9.17) is 4.74 Å². The highest BCUT2D eigenvalue weighted by molar-refractivity contribution is 9.10. The standard InChI is InChI=1S/C28H24BrN5O3/c1-17-24(28(36)33-21-12-14-22(37-2)15-13-21)25(18-8-10-19(29)11-9-18)34-26(31-17)23(16-30-34)27(35)32-20-6-4-3-5-7-20/h3-16,25,31H,1-2H3,(H,32,35)(H,33,36)/t25-/m1/s1. The molecule has 1 atom stereocenters. The summed E-state index contributed by atoms with van der Waals surface area (Å²) in [7, 11) is 1.59. The molecular formula is C28H24BrN5O3. The maximum atomic E-state index is 13.6. The van der Waals surface area contributed by atoms with Crippen molar-refractivity contribution < 1.29 is 14.3 Å². The van der Waals surface area contributed by atoms with E-state index in [-0.39, 0.29) is 11.8 Å². The fourth-order valence-electron chi connectivity index (χ4n) is 4.26. The summed E-state index contributed by atoms with van der Waals surface area (Å²) < 4.78 is 7.81. The number of hydrogen-bond donors (Lipinski definition) is 3. The van der Waals surface area contributed by atoms with Crippen molar-refractivity contribution in [1.82, 2.24) is 9.78 Å². The van der Waals surface area contributed by atoms with E-state index >= 15 is 0 Å². The van der Waals surface area contributed by atoms with Crippen LogP contribution in [0.25, 0.3) is 0 Å². The fourth-order valence-corrected chi connectivity index (χ4v) is 4.53. The highest BCUT2D eigenvalue weighted by atomic mass is 79.9. The summed E-state index contributed by atoms with van der Waals surface area (Å²) in [6, 6.07) is 23.5. The van der Waals surface area contributed by atoms with Gasteiger partial charge in [0.1, 0.15) is 23.2 Å². The second-order valence-electron chi connectivity index (χ2n) is 8.47. The first kappa shape index (κ1) is 24.3. The van der Waals surface area contributed by atoms with Crippen LogP contribution in [0.1, 0.15) is 28.9 Å². The summed E-state index contributed by atoms with van der Waals surface area (Å²) in [5.74, 6) is 0.635. The van der Waals surface area contributed by atoms with Crippen LogP contribution in [0, 0.1) is 0 Å². The lowest BCUT2D eigenvalue weighted by atomic mass is 9.94. The third-order valence-electron chi connectivity index (χ3n) is 6.08. The van der Waals surface area contributed by atoms with Gasteiger partial charge >= 0.3 is 0 Å². The van der Waals surface area contributed by atoms with Crippen LogP contribution in [-0.4, -0.2) is 28.7 Å². The predicted molar refractivity (Wildman–Crippen MR) is 147 cm³/mol. The number of fused-ring (bicyclic) bond motifs is 1. The van der Waals surface area contributed by atoms with Crippen LogP contribution in [0.3, 0.4) is 0 Å². The molecule has 1 aliphatic rings. The van der Waals surface area contributed by atoms with Crippen LogP contribution >= 0.6 is 15.9 Å². The van der Waals surface area contributed by atoms with Crippen molar-refractivity contribution in [2.75, 3.05) is 23.1 Å². The van der Waals surface area contributed by atoms with Crippen molar-refractivity contribution in [2.24, 2.45) is 0 Å². The molecule has 186 valence electrons. The summed E-state index contributed by atoms with van der Waals surface area (Å²) in [6.07, 6.45) is 1.52. The molecule has 8 nitrogen and oxygen atoms in total. The van der Waals surface area contributed by atoms with E-state index in [9.17, 15) is 9.59 Å². The molecule has 37 heavy (non-hydrogen) atoms. The number of nitrogens with one attached hydrogen (secondary N) is 3. The maximum absolute atomic E-state index is 13.6. The Morgan fingerprint density at radius 2 is 1.57 bits per heavy atom. The number of halogens is 1. The van der Waals surface area contributed by atoms with Gasteiger partial charge < -0.3 is 20.7 Å². The van der Waals surface area contributed by atoms with Gasteiger partial charge in [-0.1, -0.05) is 46.3 Å². The molecule has 2 amide bonds. The lowest BCUT2D eigenvalue weighted by Crippen LogP contribution is -2.32. The number of nitrogens with zero attached hydrogens (tertiary/aromatic N) is 2. The average molecular weight is 558 g/mol. The lowest BCUT2D eigenvalue weighted by molar-refractivity contribution is -0.113.